The number of urea groups is 1. The van der Waals surface area contributed by atoms with E-state index < -0.39 is 6.03 Å². The maximum absolute atomic E-state index is 13.0. The first-order valence-electron chi connectivity index (χ1n) is 6.66. The summed E-state index contributed by atoms with van der Waals surface area (Å²) in [5, 5.41) is 5.41. The van der Waals surface area contributed by atoms with Gasteiger partial charge in [-0.25, -0.2) is 19.2 Å². The average Bonchev–Trinajstić information content (AvgIpc) is 2.47. The third-order valence-electron chi connectivity index (χ3n) is 2.97. The molecule has 0 saturated carbocycles. The first-order valence-corrected chi connectivity index (χ1v) is 6.66. The van der Waals surface area contributed by atoms with E-state index in [1.807, 2.05) is 13.8 Å². The molecule has 0 aliphatic heterocycles. The van der Waals surface area contributed by atoms with Gasteiger partial charge in [-0.05, 0) is 29.7 Å². The van der Waals surface area contributed by atoms with E-state index in [0.29, 0.717) is 0 Å². The van der Waals surface area contributed by atoms with Gasteiger partial charge >= 0.3 is 6.03 Å². The Morgan fingerprint density at radius 2 is 1.76 bits per heavy atom. The van der Waals surface area contributed by atoms with Crippen LogP contribution in [-0.2, 0) is 0 Å². The number of benzene rings is 1. The highest BCUT2D eigenvalue weighted by molar-refractivity contribution is 5.87. The van der Waals surface area contributed by atoms with Crippen LogP contribution in [0.5, 0.6) is 0 Å². The molecule has 2 amide bonds. The van der Waals surface area contributed by atoms with Crippen LogP contribution in [0, 0.1) is 11.7 Å². The quantitative estimate of drug-likeness (QED) is 0.908. The van der Waals surface area contributed by atoms with Gasteiger partial charge in [-0.15, -0.1) is 0 Å². The lowest BCUT2D eigenvalue weighted by Crippen LogP contribution is -2.35. The number of rotatable bonds is 4. The first kappa shape index (κ1) is 14.9. The zero-order valence-corrected chi connectivity index (χ0v) is 11.9. The minimum absolute atomic E-state index is 0.151. The largest absolute Gasteiger partial charge is 0.331 e. The maximum Gasteiger partial charge on any atom is 0.322 e. The molecule has 21 heavy (non-hydrogen) atoms. The fraction of sp³-hybridized carbons (Fsp3) is 0.267. The minimum Gasteiger partial charge on any atom is -0.331 e. The molecule has 0 fully saturated rings. The molecular weight excluding hydrogens is 271 g/mol. The molecule has 0 aliphatic carbocycles. The molecule has 5 nitrogen and oxygen atoms in total. The average molecular weight is 288 g/mol. The van der Waals surface area contributed by atoms with Gasteiger partial charge < -0.3 is 5.32 Å². The molecule has 0 saturated heterocycles. The van der Waals surface area contributed by atoms with Crippen LogP contribution in [0.15, 0.2) is 42.7 Å². The van der Waals surface area contributed by atoms with Gasteiger partial charge in [0.2, 0.25) is 5.95 Å². The highest BCUT2D eigenvalue weighted by Crippen LogP contribution is 2.21. The van der Waals surface area contributed by atoms with Crippen molar-refractivity contribution in [2.45, 2.75) is 19.9 Å². The van der Waals surface area contributed by atoms with Crippen LogP contribution in [0.4, 0.5) is 15.1 Å². The van der Waals surface area contributed by atoms with Gasteiger partial charge in [0, 0.05) is 12.4 Å². The van der Waals surface area contributed by atoms with E-state index in [-0.39, 0.29) is 23.7 Å². The molecule has 1 aromatic heterocycles. The lowest BCUT2D eigenvalue weighted by Gasteiger charge is -2.22. The molecule has 0 radical (unpaired) electrons. The highest BCUT2D eigenvalue weighted by atomic mass is 19.1. The van der Waals surface area contributed by atoms with Crippen LogP contribution in [-0.4, -0.2) is 16.0 Å². The Morgan fingerprint density at radius 1 is 1.14 bits per heavy atom. The molecule has 2 N–H and O–H groups in total. The molecular formula is C15H17FN4O. The molecule has 2 rings (SSSR count). The fourth-order valence-corrected chi connectivity index (χ4v) is 1.95. The van der Waals surface area contributed by atoms with Crippen LogP contribution < -0.4 is 10.6 Å². The molecule has 6 heteroatoms. The smallest absolute Gasteiger partial charge is 0.322 e. The molecule has 2 aromatic rings. The number of carbonyl (C=O) groups is 1. The van der Waals surface area contributed by atoms with Gasteiger partial charge in [0.15, 0.2) is 0 Å². The van der Waals surface area contributed by atoms with E-state index in [1.54, 1.807) is 30.6 Å². The van der Waals surface area contributed by atoms with Crippen LogP contribution in [0.2, 0.25) is 0 Å². The van der Waals surface area contributed by atoms with Crippen LogP contribution in [0.25, 0.3) is 0 Å². The van der Waals surface area contributed by atoms with Crippen molar-refractivity contribution in [3.63, 3.8) is 0 Å². The summed E-state index contributed by atoms with van der Waals surface area (Å²) in [5.41, 5.74) is 0.843. The fourth-order valence-electron chi connectivity index (χ4n) is 1.95. The predicted octanol–water partition coefficient (Wildman–Crippen LogP) is 3.13. The molecule has 1 unspecified atom stereocenters. The molecule has 1 aromatic carbocycles. The van der Waals surface area contributed by atoms with E-state index in [2.05, 4.69) is 20.6 Å². The Hall–Kier alpha value is -2.50. The normalized spacial score (nSPS) is 12.0. The maximum atomic E-state index is 13.0. The van der Waals surface area contributed by atoms with Crippen molar-refractivity contribution in [2.75, 3.05) is 5.32 Å². The molecule has 0 bridgehead atoms. The zero-order chi connectivity index (χ0) is 15.2. The van der Waals surface area contributed by atoms with Crippen molar-refractivity contribution in [2.24, 2.45) is 5.92 Å². The van der Waals surface area contributed by atoms with Crippen molar-refractivity contribution in [3.8, 4) is 0 Å². The SMILES string of the molecule is CC(C)C(NC(=O)Nc1ncccn1)c1ccc(F)cc1. The van der Waals surface area contributed by atoms with Gasteiger partial charge in [0.05, 0.1) is 6.04 Å². The second-order valence-corrected chi connectivity index (χ2v) is 4.94. The Kier molecular flexibility index (Phi) is 4.81. The molecule has 1 heterocycles. The number of aromatic nitrogens is 2. The topological polar surface area (TPSA) is 66.9 Å². The Morgan fingerprint density at radius 3 is 2.33 bits per heavy atom. The number of hydrogen-bond donors (Lipinski definition) is 2. The summed E-state index contributed by atoms with van der Waals surface area (Å²) < 4.78 is 13.0. The van der Waals surface area contributed by atoms with Crippen LogP contribution in [0.3, 0.4) is 0 Å². The standard InChI is InChI=1S/C15H17FN4O/c1-10(2)13(11-4-6-12(16)7-5-11)19-15(21)20-14-17-8-3-9-18-14/h3-10,13H,1-2H3,(H2,17,18,19,20,21). The Bertz CT molecular complexity index is 586. The number of anilines is 1. The lowest BCUT2D eigenvalue weighted by molar-refractivity contribution is 0.244. The third-order valence-corrected chi connectivity index (χ3v) is 2.97. The zero-order valence-electron chi connectivity index (χ0n) is 11.9. The van der Waals surface area contributed by atoms with Crippen molar-refractivity contribution in [1.82, 2.24) is 15.3 Å². The predicted molar refractivity (Wildman–Crippen MR) is 78.2 cm³/mol. The van der Waals surface area contributed by atoms with E-state index in [1.165, 1.54) is 12.1 Å². The number of carbonyl (C=O) groups excluding carboxylic acids is 1. The van der Waals surface area contributed by atoms with Gasteiger partial charge in [-0.2, -0.15) is 0 Å². The van der Waals surface area contributed by atoms with Gasteiger partial charge in [0.25, 0.3) is 0 Å². The summed E-state index contributed by atoms with van der Waals surface area (Å²) in [7, 11) is 0. The molecule has 1 atom stereocenters. The molecule has 0 aliphatic rings. The van der Waals surface area contributed by atoms with E-state index in [0.717, 1.165) is 5.56 Å². The number of nitrogens with zero attached hydrogens (tertiary/aromatic N) is 2. The third kappa shape index (κ3) is 4.24. The number of hydrogen-bond acceptors (Lipinski definition) is 3. The first-order chi connectivity index (χ1) is 10.1. The summed E-state index contributed by atoms with van der Waals surface area (Å²) in [5.74, 6) is 0.0814. The summed E-state index contributed by atoms with van der Waals surface area (Å²) in [6, 6.07) is 7.13. The number of halogens is 1. The second kappa shape index (κ2) is 6.78. The van der Waals surface area contributed by atoms with Gasteiger partial charge in [-0.3, -0.25) is 5.32 Å². The lowest BCUT2D eigenvalue weighted by atomic mass is 9.96. The summed E-state index contributed by atoms with van der Waals surface area (Å²) in [6.07, 6.45) is 3.09. The molecule has 0 spiro atoms. The highest BCUT2D eigenvalue weighted by Gasteiger charge is 2.18. The van der Waals surface area contributed by atoms with E-state index >= 15 is 0 Å². The van der Waals surface area contributed by atoms with E-state index in [4.69, 9.17) is 0 Å². The number of amides is 2. The Labute approximate surface area is 122 Å². The minimum atomic E-state index is -0.399. The van der Waals surface area contributed by atoms with Crippen molar-refractivity contribution < 1.29 is 9.18 Å². The summed E-state index contributed by atoms with van der Waals surface area (Å²) in [6.45, 7) is 3.96. The Balaban J connectivity index is 2.06. The van der Waals surface area contributed by atoms with Crippen molar-refractivity contribution >= 4 is 12.0 Å². The number of nitrogens with one attached hydrogen (secondary N) is 2. The second-order valence-electron chi connectivity index (χ2n) is 4.94. The van der Waals surface area contributed by atoms with E-state index in [9.17, 15) is 9.18 Å². The van der Waals surface area contributed by atoms with Crippen molar-refractivity contribution in [3.05, 3.63) is 54.1 Å². The molecule has 110 valence electrons. The summed E-state index contributed by atoms with van der Waals surface area (Å²) >= 11 is 0. The van der Waals surface area contributed by atoms with Crippen LogP contribution in [0.1, 0.15) is 25.5 Å². The summed E-state index contributed by atoms with van der Waals surface area (Å²) in [4.78, 5) is 19.8. The van der Waals surface area contributed by atoms with Crippen LogP contribution >= 0.6 is 0 Å². The monoisotopic (exact) mass is 288 g/mol. The van der Waals surface area contributed by atoms with Gasteiger partial charge in [-0.1, -0.05) is 26.0 Å². The van der Waals surface area contributed by atoms with Gasteiger partial charge in [0.1, 0.15) is 5.82 Å². The van der Waals surface area contributed by atoms with Crippen molar-refractivity contribution in [1.29, 1.82) is 0 Å².